The van der Waals surface area contributed by atoms with Gasteiger partial charge in [0.25, 0.3) is 0 Å². The van der Waals surface area contributed by atoms with Crippen LogP contribution in [0.3, 0.4) is 0 Å². The molecule has 1 aliphatic rings. The molecule has 1 amide bonds. The van der Waals surface area contributed by atoms with Crippen molar-refractivity contribution in [2.24, 2.45) is 0 Å². The SMILES string of the molecule is CC(C)(C)OC(=O)N1CCc2oc(-c3ccc(OCc4ccccc4)cc3)cc2C1. The molecule has 0 saturated heterocycles. The summed E-state index contributed by atoms with van der Waals surface area (Å²) in [6, 6.07) is 20.0. The summed E-state index contributed by atoms with van der Waals surface area (Å²) >= 11 is 0. The zero-order chi connectivity index (χ0) is 21.1. The first-order valence-electron chi connectivity index (χ1n) is 10.2. The molecule has 0 aliphatic carbocycles. The fourth-order valence-electron chi connectivity index (χ4n) is 3.41. The van der Waals surface area contributed by atoms with Crippen molar-refractivity contribution in [1.29, 1.82) is 0 Å². The van der Waals surface area contributed by atoms with Crippen LogP contribution in [0.25, 0.3) is 11.3 Å². The number of ether oxygens (including phenoxy) is 2. The van der Waals surface area contributed by atoms with E-state index in [1.54, 1.807) is 4.90 Å². The lowest BCUT2D eigenvalue weighted by Gasteiger charge is -2.29. The first-order valence-corrected chi connectivity index (χ1v) is 10.2. The van der Waals surface area contributed by atoms with Crippen LogP contribution in [0.1, 0.15) is 37.7 Å². The van der Waals surface area contributed by atoms with E-state index in [1.165, 1.54) is 0 Å². The van der Waals surface area contributed by atoms with E-state index in [9.17, 15) is 4.79 Å². The second-order valence-corrected chi connectivity index (χ2v) is 8.51. The Kier molecular flexibility index (Phi) is 5.53. The second-order valence-electron chi connectivity index (χ2n) is 8.51. The summed E-state index contributed by atoms with van der Waals surface area (Å²) in [5, 5.41) is 0. The minimum Gasteiger partial charge on any atom is -0.489 e. The summed E-state index contributed by atoms with van der Waals surface area (Å²) in [6.45, 7) is 7.28. The maximum absolute atomic E-state index is 12.4. The Bertz CT molecular complexity index is 1000. The fourth-order valence-corrected chi connectivity index (χ4v) is 3.41. The first kappa shape index (κ1) is 20.1. The Morgan fingerprint density at radius 2 is 1.80 bits per heavy atom. The van der Waals surface area contributed by atoms with Crippen molar-refractivity contribution in [2.75, 3.05) is 6.54 Å². The third-order valence-corrected chi connectivity index (χ3v) is 4.91. The number of hydrogen-bond donors (Lipinski definition) is 0. The van der Waals surface area contributed by atoms with Crippen molar-refractivity contribution in [3.05, 3.63) is 77.6 Å². The number of amides is 1. The largest absolute Gasteiger partial charge is 0.489 e. The molecule has 0 atom stereocenters. The number of fused-ring (bicyclic) bond motifs is 1. The minimum atomic E-state index is -0.497. The highest BCUT2D eigenvalue weighted by Crippen LogP contribution is 2.31. The van der Waals surface area contributed by atoms with Gasteiger partial charge in [0, 0.05) is 24.1 Å². The van der Waals surface area contributed by atoms with Gasteiger partial charge in [-0.05, 0) is 56.7 Å². The van der Waals surface area contributed by atoms with Gasteiger partial charge in [-0.1, -0.05) is 30.3 Å². The van der Waals surface area contributed by atoms with E-state index in [0.717, 1.165) is 34.0 Å². The summed E-state index contributed by atoms with van der Waals surface area (Å²) in [5.74, 6) is 2.56. The normalized spacial score (nSPS) is 13.6. The van der Waals surface area contributed by atoms with Crippen LogP contribution in [0.15, 0.2) is 65.1 Å². The maximum Gasteiger partial charge on any atom is 0.410 e. The van der Waals surface area contributed by atoms with E-state index >= 15 is 0 Å². The molecule has 0 spiro atoms. The highest BCUT2D eigenvalue weighted by atomic mass is 16.6. The number of nitrogens with zero attached hydrogens (tertiary/aromatic N) is 1. The molecule has 2 heterocycles. The van der Waals surface area contributed by atoms with Crippen molar-refractivity contribution in [3.8, 4) is 17.1 Å². The van der Waals surface area contributed by atoms with Crippen molar-refractivity contribution in [2.45, 2.75) is 45.9 Å². The number of furan rings is 1. The van der Waals surface area contributed by atoms with Gasteiger partial charge in [-0.25, -0.2) is 4.79 Å². The van der Waals surface area contributed by atoms with Crippen LogP contribution in [-0.4, -0.2) is 23.1 Å². The van der Waals surface area contributed by atoms with E-state index < -0.39 is 5.60 Å². The number of carbonyl (C=O) groups excluding carboxylic acids is 1. The minimum absolute atomic E-state index is 0.282. The molecular formula is C25H27NO4. The Morgan fingerprint density at radius 3 is 2.50 bits per heavy atom. The molecule has 0 unspecified atom stereocenters. The lowest BCUT2D eigenvalue weighted by atomic mass is 10.1. The van der Waals surface area contributed by atoms with Crippen molar-refractivity contribution >= 4 is 6.09 Å². The molecule has 1 aromatic heterocycles. The quantitative estimate of drug-likeness (QED) is 0.549. The van der Waals surface area contributed by atoms with Crippen LogP contribution < -0.4 is 4.74 Å². The summed E-state index contributed by atoms with van der Waals surface area (Å²) in [7, 11) is 0. The standard InChI is InChI=1S/C25H27NO4/c1-25(2,3)30-24(27)26-14-13-22-20(16-26)15-23(29-22)19-9-11-21(12-10-19)28-17-18-7-5-4-6-8-18/h4-12,15H,13-14,16-17H2,1-3H3. The molecule has 3 aromatic rings. The molecule has 0 bridgehead atoms. The van der Waals surface area contributed by atoms with Gasteiger partial charge in [-0.15, -0.1) is 0 Å². The van der Waals surface area contributed by atoms with Gasteiger partial charge >= 0.3 is 6.09 Å². The zero-order valence-corrected chi connectivity index (χ0v) is 17.7. The van der Waals surface area contributed by atoms with E-state index in [-0.39, 0.29) is 6.09 Å². The summed E-state index contributed by atoms with van der Waals surface area (Å²) in [4.78, 5) is 14.1. The highest BCUT2D eigenvalue weighted by molar-refractivity contribution is 5.69. The average molecular weight is 405 g/mol. The monoisotopic (exact) mass is 405 g/mol. The number of carbonyl (C=O) groups is 1. The van der Waals surface area contributed by atoms with Crippen molar-refractivity contribution in [1.82, 2.24) is 4.90 Å². The van der Waals surface area contributed by atoms with Crippen LogP contribution in [0.2, 0.25) is 0 Å². The van der Waals surface area contributed by atoms with Gasteiger partial charge in [0.2, 0.25) is 0 Å². The molecule has 2 aromatic carbocycles. The fraction of sp³-hybridized carbons (Fsp3) is 0.320. The second kappa shape index (κ2) is 8.27. The summed E-state index contributed by atoms with van der Waals surface area (Å²) in [6.07, 6.45) is 0.406. The van der Waals surface area contributed by atoms with Gasteiger partial charge < -0.3 is 18.8 Å². The molecule has 156 valence electrons. The van der Waals surface area contributed by atoms with Crippen LogP contribution in [-0.2, 0) is 24.3 Å². The van der Waals surface area contributed by atoms with Gasteiger partial charge in [-0.3, -0.25) is 0 Å². The van der Waals surface area contributed by atoms with E-state index in [1.807, 2.05) is 81.4 Å². The topological polar surface area (TPSA) is 51.9 Å². The Morgan fingerprint density at radius 1 is 1.07 bits per heavy atom. The molecule has 30 heavy (non-hydrogen) atoms. The van der Waals surface area contributed by atoms with Gasteiger partial charge in [0.1, 0.15) is 29.5 Å². The molecule has 1 aliphatic heterocycles. The number of benzene rings is 2. The number of rotatable bonds is 4. The Labute approximate surface area is 177 Å². The molecule has 0 saturated carbocycles. The van der Waals surface area contributed by atoms with Gasteiger partial charge in [-0.2, -0.15) is 0 Å². The van der Waals surface area contributed by atoms with Crippen molar-refractivity contribution in [3.63, 3.8) is 0 Å². The summed E-state index contributed by atoms with van der Waals surface area (Å²) in [5.41, 5.74) is 2.66. The Hall–Kier alpha value is -3.21. The molecule has 0 fully saturated rings. The molecule has 5 heteroatoms. The van der Waals surface area contributed by atoms with Crippen LogP contribution in [0.5, 0.6) is 5.75 Å². The maximum atomic E-state index is 12.4. The van der Waals surface area contributed by atoms with E-state index in [0.29, 0.717) is 26.1 Å². The predicted molar refractivity (Wildman–Crippen MR) is 115 cm³/mol. The molecule has 4 rings (SSSR count). The van der Waals surface area contributed by atoms with E-state index in [2.05, 4.69) is 0 Å². The van der Waals surface area contributed by atoms with Crippen LogP contribution in [0, 0.1) is 0 Å². The highest BCUT2D eigenvalue weighted by Gasteiger charge is 2.28. The predicted octanol–water partition coefficient (Wildman–Crippen LogP) is 5.82. The molecule has 0 radical (unpaired) electrons. The first-order chi connectivity index (χ1) is 14.4. The third-order valence-electron chi connectivity index (χ3n) is 4.91. The molecule has 5 nitrogen and oxygen atoms in total. The summed E-state index contributed by atoms with van der Waals surface area (Å²) < 4.78 is 17.4. The zero-order valence-electron chi connectivity index (χ0n) is 17.7. The van der Waals surface area contributed by atoms with Crippen LogP contribution in [0.4, 0.5) is 4.79 Å². The van der Waals surface area contributed by atoms with Gasteiger partial charge in [0.15, 0.2) is 0 Å². The third kappa shape index (κ3) is 4.85. The molecular weight excluding hydrogens is 378 g/mol. The van der Waals surface area contributed by atoms with E-state index in [4.69, 9.17) is 13.9 Å². The van der Waals surface area contributed by atoms with Gasteiger partial charge in [0.05, 0.1) is 6.54 Å². The lowest BCUT2D eigenvalue weighted by molar-refractivity contribution is 0.0219. The number of hydrogen-bond acceptors (Lipinski definition) is 4. The van der Waals surface area contributed by atoms with Crippen molar-refractivity contribution < 1.29 is 18.7 Å². The van der Waals surface area contributed by atoms with Crippen LogP contribution >= 0.6 is 0 Å². The smallest absolute Gasteiger partial charge is 0.410 e. The average Bonchev–Trinajstić information content (AvgIpc) is 3.15. The Balaban J connectivity index is 1.41. The molecule has 0 N–H and O–H groups in total. The lowest BCUT2D eigenvalue weighted by Crippen LogP contribution is -2.39.